The second-order valence-corrected chi connectivity index (χ2v) is 5.76. The fraction of sp³-hybridized carbons (Fsp3) is 0.0667. The van der Waals surface area contributed by atoms with Gasteiger partial charge in [0.2, 0.25) is 0 Å². The van der Waals surface area contributed by atoms with Crippen LogP contribution in [-0.4, -0.2) is 17.9 Å². The molecule has 0 spiro atoms. The van der Waals surface area contributed by atoms with Crippen LogP contribution in [0.1, 0.15) is 15.9 Å². The van der Waals surface area contributed by atoms with Crippen LogP contribution in [-0.2, 0) is 0 Å². The molecule has 2 rings (SSSR count). The van der Waals surface area contributed by atoms with Crippen LogP contribution in [0.15, 0.2) is 46.9 Å². The summed E-state index contributed by atoms with van der Waals surface area (Å²) in [5.41, 5.74) is 6.81. The van der Waals surface area contributed by atoms with Crippen molar-refractivity contribution in [2.75, 3.05) is 11.9 Å². The molecule has 6 heteroatoms. The number of nitrogens with two attached hydrogens (primary N) is 1. The van der Waals surface area contributed by atoms with E-state index in [1.807, 2.05) is 0 Å². The average molecular weight is 367 g/mol. The maximum absolute atomic E-state index is 13.8. The van der Waals surface area contributed by atoms with E-state index in [-0.39, 0.29) is 10.6 Å². The number of carbonyl (C=O) groups excluding carboxylic acids is 1. The molecular weight excluding hydrogens is 355 g/mol. The highest BCUT2D eigenvalue weighted by Gasteiger charge is 2.18. The van der Waals surface area contributed by atoms with E-state index in [2.05, 4.69) is 15.9 Å². The summed E-state index contributed by atoms with van der Waals surface area (Å²) >= 11 is 8.14. The number of thiocarbonyl (C=S) groups is 1. The zero-order valence-corrected chi connectivity index (χ0v) is 13.5. The van der Waals surface area contributed by atoms with Gasteiger partial charge in [-0.05, 0) is 30.3 Å². The molecule has 2 aromatic rings. The smallest absolute Gasteiger partial charge is 0.261 e. The predicted octanol–water partition coefficient (Wildman–Crippen LogP) is 3.50. The van der Waals surface area contributed by atoms with Gasteiger partial charge >= 0.3 is 0 Å². The molecule has 3 nitrogen and oxygen atoms in total. The third-order valence-electron chi connectivity index (χ3n) is 2.98. The molecule has 0 aliphatic carbocycles. The summed E-state index contributed by atoms with van der Waals surface area (Å²) in [4.78, 5) is 14.0. The minimum absolute atomic E-state index is 0.00685. The van der Waals surface area contributed by atoms with E-state index in [0.29, 0.717) is 15.7 Å². The summed E-state index contributed by atoms with van der Waals surface area (Å²) in [6.07, 6.45) is 0. The molecule has 2 N–H and O–H groups in total. The van der Waals surface area contributed by atoms with E-state index >= 15 is 0 Å². The standard InChI is InChI=1S/C15H12BrFN2OS/c1-19(11-4-2-3-9(7-11)14(18)21)15(20)12-8-10(16)5-6-13(12)17/h2-8H,1H3,(H2,18,21). The topological polar surface area (TPSA) is 46.3 Å². The van der Waals surface area contributed by atoms with Gasteiger partial charge < -0.3 is 10.6 Å². The number of carbonyl (C=O) groups is 1. The van der Waals surface area contributed by atoms with Crippen LogP contribution >= 0.6 is 28.1 Å². The fourth-order valence-electron chi connectivity index (χ4n) is 1.83. The third kappa shape index (κ3) is 3.46. The van der Waals surface area contributed by atoms with E-state index in [1.165, 1.54) is 17.0 Å². The van der Waals surface area contributed by atoms with Gasteiger partial charge in [-0.1, -0.05) is 40.3 Å². The van der Waals surface area contributed by atoms with Crippen molar-refractivity contribution in [3.63, 3.8) is 0 Å². The van der Waals surface area contributed by atoms with Gasteiger partial charge in [0.1, 0.15) is 10.8 Å². The third-order valence-corrected chi connectivity index (χ3v) is 3.71. The molecule has 0 unspecified atom stereocenters. The molecule has 0 bridgehead atoms. The zero-order chi connectivity index (χ0) is 15.6. The van der Waals surface area contributed by atoms with Crippen molar-refractivity contribution >= 4 is 44.7 Å². The molecule has 21 heavy (non-hydrogen) atoms. The lowest BCUT2D eigenvalue weighted by Crippen LogP contribution is -2.27. The summed E-state index contributed by atoms with van der Waals surface area (Å²) in [7, 11) is 1.57. The van der Waals surface area contributed by atoms with Gasteiger partial charge in [0.15, 0.2) is 0 Å². The molecule has 2 aromatic carbocycles. The molecule has 0 aromatic heterocycles. The molecule has 0 fully saturated rings. The number of benzene rings is 2. The van der Waals surface area contributed by atoms with Gasteiger partial charge in [0.25, 0.3) is 5.91 Å². The summed E-state index contributed by atoms with van der Waals surface area (Å²) in [6.45, 7) is 0. The first kappa shape index (κ1) is 15.6. The van der Waals surface area contributed by atoms with Gasteiger partial charge in [-0.3, -0.25) is 4.79 Å². The van der Waals surface area contributed by atoms with Crippen molar-refractivity contribution in [3.8, 4) is 0 Å². The van der Waals surface area contributed by atoms with Crippen molar-refractivity contribution in [2.45, 2.75) is 0 Å². The van der Waals surface area contributed by atoms with Gasteiger partial charge in [-0.25, -0.2) is 4.39 Å². The Kier molecular flexibility index (Phi) is 4.69. The lowest BCUT2D eigenvalue weighted by atomic mass is 10.1. The molecule has 0 aliphatic rings. The molecule has 0 radical (unpaired) electrons. The van der Waals surface area contributed by atoms with Crippen LogP contribution in [0.25, 0.3) is 0 Å². The molecule has 0 saturated heterocycles. The molecule has 0 aliphatic heterocycles. The Bertz CT molecular complexity index is 721. The van der Waals surface area contributed by atoms with E-state index < -0.39 is 11.7 Å². The SMILES string of the molecule is CN(C(=O)c1cc(Br)ccc1F)c1cccc(C(N)=S)c1. The minimum Gasteiger partial charge on any atom is -0.389 e. The molecule has 1 amide bonds. The van der Waals surface area contributed by atoms with Crippen LogP contribution in [0, 0.1) is 5.82 Å². The van der Waals surface area contributed by atoms with Crippen molar-refractivity contribution < 1.29 is 9.18 Å². The second kappa shape index (κ2) is 6.32. The minimum atomic E-state index is -0.569. The number of hydrogen-bond donors (Lipinski definition) is 1. The number of nitrogens with zero attached hydrogens (tertiary/aromatic N) is 1. The normalized spacial score (nSPS) is 10.2. The lowest BCUT2D eigenvalue weighted by Gasteiger charge is -2.18. The number of halogens is 2. The van der Waals surface area contributed by atoms with Crippen LogP contribution in [0.4, 0.5) is 10.1 Å². The molecule has 108 valence electrons. The quantitative estimate of drug-likeness (QED) is 0.845. The Morgan fingerprint density at radius 3 is 2.67 bits per heavy atom. The highest BCUT2D eigenvalue weighted by atomic mass is 79.9. The fourth-order valence-corrected chi connectivity index (χ4v) is 2.32. The maximum Gasteiger partial charge on any atom is 0.261 e. The summed E-state index contributed by atoms with van der Waals surface area (Å²) in [5.74, 6) is -1.02. The first-order valence-electron chi connectivity index (χ1n) is 6.03. The Hall–Kier alpha value is -1.79. The Morgan fingerprint density at radius 2 is 2.00 bits per heavy atom. The molecule has 0 heterocycles. The molecule has 0 atom stereocenters. The number of hydrogen-bond acceptors (Lipinski definition) is 2. The predicted molar refractivity (Wildman–Crippen MR) is 89.2 cm³/mol. The van der Waals surface area contributed by atoms with Gasteiger partial charge in [-0.2, -0.15) is 0 Å². The Balaban J connectivity index is 2.37. The van der Waals surface area contributed by atoms with E-state index in [0.717, 1.165) is 0 Å². The Morgan fingerprint density at radius 1 is 1.29 bits per heavy atom. The van der Waals surface area contributed by atoms with Crippen LogP contribution in [0.2, 0.25) is 0 Å². The van der Waals surface area contributed by atoms with E-state index in [4.69, 9.17) is 18.0 Å². The number of rotatable bonds is 3. The van der Waals surface area contributed by atoms with Crippen molar-refractivity contribution in [1.29, 1.82) is 0 Å². The van der Waals surface area contributed by atoms with E-state index in [9.17, 15) is 9.18 Å². The van der Waals surface area contributed by atoms with Crippen LogP contribution < -0.4 is 10.6 Å². The van der Waals surface area contributed by atoms with Gasteiger partial charge in [0.05, 0.1) is 5.56 Å². The largest absolute Gasteiger partial charge is 0.389 e. The maximum atomic E-state index is 13.8. The summed E-state index contributed by atoms with van der Waals surface area (Å²) < 4.78 is 14.4. The second-order valence-electron chi connectivity index (χ2n) is 4.40. The highest BCUT2D eigenvalue weighted by molar-refractivity contribution is 9.10. The number of amides is 1. The molecule has 0 saturated carbocycles. The van der Waals surface area contributed by atoms with Crippen molar-refractivity contribution in [1.82, 2.24) is 0 Å². The lowest BCUT2D eigenvalue weighted by molar-refractivity contribution is 0.0989. The zero-order valence-electron chi connectivity index (χ0n) is 11.1. The first-order chi connectivity index (χ1) is 9.90. The van der Waals surface area contributed by atoms with Crippen LogP contribution in [0.3, 0.4) is 0 Å². The highest BCUT2D eigenvalue weighted by Crippen LogP contribution is 2.21. The summed E-state index contributed by atoms with van der Waals surface area (Å²) in [6, 6.07) is 11.2. The Labute approximate surface area is 135 Å². The first-order valence-corrected chi connectivity index (χ1v) is 7.23. The van der Waals surface area contributed by atoms with Gasteiger partial charge in [0, 0.05) is 22.8 Å². The number of anilines is 1. The molecular formula is C15H12BrFN2OS. The summed E-state index contributed by atoms with van der Waals surface area (Å²) in [5, 5.41) is 0. The van der Waals surface area contributed by atoms with Crippen molar-refractivity contribution in [3.05, 3.63) is 63.9 Å². The van der Waals surface area contributed by atoms with E-state index in [1.54, 1.807) is 37.4 Å². The van der Waals surface area contributed by atoms with Crippen molar-refractivity contribution in [2.24, 2.45) is 5.73 Å². The van der Waals surface area contributed by atoms with Crippen LogP contribution in [0.5, 0.6) is 0 Å². The van der Waals surface area contributed by atoms with Gasteiger partial charge in [-0.15, -0.1) is 0 Å². The monoisotopic (exact) mass is 366 g/mol. The average Bonchev–Trinajstić information content (AvgIpc) is 2.48.